The van der Waals surface area contributed by atoms with Gasteiger partial charge in [-0.05, 0) is 38.0 Å². The van der Waals surface area contributed by atoms with Gasteiger partial charge in [-0.25, -0.2) is 4.98 Å². The number of guanidine groups is 1. The Morgan fingerprint density at radius 1 is 1.15 bits per heavy atom. The Morgan fingerprint density at radius 2 is 1.88 bits per heavy atom. The average molecular weight is 384 g/mol. The molecule has 142 valence electrons. The summed E-state index contributed by atoms with van der Waals surface area (Å²) < 4.78 is 37.7. The maximum atomic E-state index is 12.6. The van der Waals surface area contributed by atoms with Crippen molar-refractivity contribution in [3.05, 3.63) is 51.5 Å². The molecule has 0 aliphatic heterocycles. The molecule has 0 amide bonds. The number of halogens is 3. The fourth-order valence-corrected chi connectivity index (χ4v) is 2.98. The molecule has 26 heavy (non-hydrogen) atoms. The minimum Gasteiger partial charge on any atom is -0.357 e. The zero-order valence-corrected chi connectivity index (χ0v) is 15.7. The second-order valence-corrected chi connectivity index (χ2v) is 6.80. The molecule has 0 spiro atoms. The monoisotopic (exact) mass is 384 g/mol. The molecule has 1 aromatic carbocycles. The van der Waals surface area contributed by atoms with Crippen LogP contribution in [0.4, 0.5) is 13.2 Å². The predicted octanol–water partition coefficient (Wildman–Crippen LogP) is 3.81. The van der Waals surface area contributed by atoms with Gasteiger partial charge in [0.05, 0.1) is 16.3 Å². The number of benzene rings is 1. The largest absolute Gasteiger partial charge is 0.416 e. The number of alkyl halides is 3. The van der Waals surface area contributed by atoms with Crippen LogP contribution in [0.2, 0.25) is 0 Å². The normalized spacial score (nSPS) is 12.3. The van der Waals surface area contributed by atoms with Crippen molar-refractivity contribution < 1.29 is 13.2 Å². The first kappa shape index (κ1) is 20.2. The van der Waals surface area contributed by atoms with Crippen LogP contribution in [0.1, 0.15) is 28.8 Å². The number of aryl methyl sites for hydroxylation is 1. The molecule has 1 heterocycles. The molecule has 8 heteroatoms. The van der Waals surface area contributed by atoms with Crippen LogP contribution >= 0.6 is 11.3 Å². The van der Waals surface area contributed by atoms with Gasteiger partial charge < -0.3 is 10.6 Å². The van der Waals surface area contributed by atoms with E-state index in [0.29, 0.717) is 25.5 Å². The molecule has 4 nitrogen and oxygen atoms in total. The van der Waals surface area contributed by atoms with E-state index < -0.39 is 11.7 Å². The van der Waals surface area contributed by atoms with E-state index in [-0.39, 0.29) is 0 Å². The number of aromatic nitrogens is 1. The molecule has 0 saturated carbocycles. The lowest BCUT2D eigenvalue weighted by Crippen LogP contribution is -2.38. The Labute approximate surface area is 155 Å². The fourth-order valence-electron chi connectivity index (χ4n) is 2.33. The van der Waals surface area contributed by atoms with E-state index in [0.717, 1.165) is 41.4 Å². The fraction of sp³-hybridized carbons (Fsp3) is 0.444. The van der Waals surface area contributed by atoms with Crippen LogP contribution in [0.15, 0.2) is 34.6 Å². The van der Waals surface area contributed by atoms with E-state index in [1.807, 2.05) is 19.2 Å². The van der Waals surface area contributed by atoms with Crippen LogP contribution in [0, 0.1) is 6.92 Å². The summed E-state index contributed by atoms with van der Waals surface area (Å²) in [7, 11) is 0. The molecule has 0 radical (unpaired) electrons. The molecule has 0 unspecified atom stereocenters. The molecule has 2 N–H and O–H groups in total. The van der Waals surface area contributed by atoms with Crippen molar-refractivity contribution in [3.63, 3.8) is 0 Å². The molecule has 0 aliphatic rings. The van der Waals surface area contributed by atoms with E-state index in [4.69, 9.17) is 0 Å². The molecular formula is C18H23F3N4S. The van der Waals surface area contributed by atoms with E-state index >= 15 is 0 Å². The highest BCUT2D eigenvalue weighted by Crippen LogP contribution is 2.29. The molecule has 0 saturated heterocycles. The lowest BCUT2D eigenvalue weighted by atomic mass is 10.1. The van der Waals surface area contributed by atoms with Crippen molar-refractivity contribution in [1.82, 2.24) is 15.6 Å². The molecule has 0 atom stereocenters. The van der Waals surface area contributed by atoms with Crippen LogP contribution in [-0.2, 0) is 19.0 Å². The van der Waals surface area contributed by atoms with Gasteiger partial charge in [0.2, 0.25) is 0 Å². The number of rotatable bonds is 7. The van der Waals surface area contributed by atoms with Crippen LogP contribution in [-0.4, -0.2) is 30.6 Å². The minimum atomic E-state index is -4.29. The van der Waals surface area contributed by atoms with Gasteiger partial charge in [0.1, 0.15) is 0 Å². The highest BCUT2D eigenvalue weighted by Gasteiger charge is 2.29. The van der Waals surface area contributed by atoms with Gasteiger partial charge in [0.25, 0.3) is 0 Å². The number of hydrogen-bond donors (Lipinski definition) is 2. The maximum absolute atomic E-state index is 12.6. The number of nitrogens with one attached hydrogen (secondary N) is 2. The van der Waals surface area contributed by atoms with Crippen LogP contribution in [0.5, 0.6) is 0 Å². The third kappa shape index (κ3) is 6.67. The molecule has 2 rings (SSSR count). The van der Waals surface area contributed by atoms with Gasteiger partial charge in [-0.3, -0.25) is 4.99 Å². The molecule has 2 aromatic rings. The summed E-state index contributed by atoms with van der Waals surface area (Å²) in [5.74, 6) is 0.700. The summed E-state index contributed by atoms with van der Waals surface area (Å²) in [5, 5.41) is 9.45. The van der Waals surface area contributed by atoms with E-state index in [1.54, 1.807) is 11.3 Å². The van der Waals surface area contributed by atoms with E-state index in [9.17, 15) is 13.2 Å². The number of hydrogen-bond acceptors (Lipinski definition) is 3. The highest BCUT2D eigenvalue weighted by molar-refractivity contribution is 7.09. The number of nitrogens with zero attached hydrogens (tertiary/aromatic N) is 2. The first-order chi connectivity index (χ1) is 12.4. The molecule has 0 bridgehead atoms. The van der Waals surface area contributed by atoms with E-state index in [1.165, 1.54) is 12.1 Å². The number of aliphatic imine (C=N–C) groups is 1. The second-order valence-electron chi connectivity index (χ2n) is 5.74. The molecule has 1 aromatic heterocycles. The minimum absolute atomic E-state index is 0.590. The summed E-state index contributed by atoms with van der Waals surface area (Å²) in [6, 6.07) is 5.26. The third-order valence-corrected chi connectivity index (χ3v) is 4.46. The first-order valence-corrected chi connectivity index (χ1v) is 9.35. The van der Waals surface area contributed by atoms with Crippen LogP contribution in [0.3, 0.4) is 0 Å². The zero-order valence-electron chi connectivity index (χ0n) is 14.9. The predicted molar refractivity (Wildman–Crippen MR) is 99.7 cm³/mol. The van der Waals surface area contributed by atoms with Gasteiger partial charge in [-0.2, -0.15) is 13.2 Å². The SMILES string of the molecule is CCNC(=NCCc1csc(C)n1)NCCc1ccc(C(F)(F)F)cc1. The Hall–Kier alpha value is -2.09. The van der Waals surface area contributed by atoms with Crippen molar-refractivity contribution >= 4 is 17.3 Å². The summed E-state index contributed by atoms with van der Waals surface area (Å²) in [5.41, 5.74) is 1.26. The zero-order chi connectivity index (χ0) is 19.0. The topological polar surface area (TPSA) is 49.3 Å². The maximum Gasteiger partial charge on any atom is 0.416 e. The Balaban J connectivity index is 1.81. The van der Waals surface area contributed by atoms with Crippen molar-refractivity contribution in [2.45, 2.75) is 32.9 Å². The van der Waals surface area contributed by atoms with Crippen molar-refractivity contribution in [2.75, 3.05) is 19.6 Å². The Morgan fingerprint density at radius 3 is 2.46 bits per heavy atom. The Kier molecular flexibility index (Phi) is 7.44. The standard InChI is InChI=1S/C18H23F3N4S/c1-3-22-17(24-11-9-16-12-26-13(2)25-16)23-10-8-14-4-6-15(7-5-14)18(19,20)21/h4-7,12H,3,8-11H2,1-2H3,(H2,22,23,24). The van der Waals surface area contributed by atoms with Crippen molar-refractivity contribution in [2.24, 2.45) is 4.99 Å². The highest BCUT2D eigenvalue weighted by atomic mass is 32.1. The number of thiazole rings is 1. The summed E-state index contributed by atoms with van der Waals surface area (Å²) >= 11 is 1.63. The van der Waals surface area contributed by atoms with Crippen molar-refractivity contribution in [3.8, 4) is 0 Å². The Bertz CT molecular complexity index is 708. The lowest BCUT2D eigenvalue weighted by Gasteiger charge is -2.12. The second kappa shape index (κ2) is 9.56. The van der Waals surface area contributed by atoms with Gasteiger partial charge >= 0.3 is 6.18 Å². The van der Waals surface area contributed by atoms with E-state index in [2.05, 4.69) is 20.6 Å². The average Bonchev–Trinajstić information content (AvgIpc) is 3.00. The van der Waals surface area contributed by atoms with Gasteiger partial charge in [0, 0.05) is 31.4 Å². The summed E-state index contributed by atoms with van der Waals surface area (Å²) in [4.78, 5) is 8.91. The van der Waals surface area contributed by atoms with Crippen molar-refractivity contribution in [1.29, 1.82) is 0 Å². The van der Waals surface area contributed by atoms with Gasteiger partial charge in [-0.15, -0.1) is 11.3 Å². The summed E-state index contributed by atoms with van der Waals surface area (Å²) in [6.45, 7) is 5.91. The third-order valence-electron chi connectivity index (χ3n) is 3.64. The molecular weight excluding hydrogens is 361 g/mol. The van der Waals surface area contributed by atoms with Gasteiger partial charge in [0.15, 0.2) is 5.96 Å². The smallest absolute Gasteiger partial charge is 0.357 e. The van der Waals surface area contributed by atoms with Gasteiger partial charge in [-0.1, -0.05) is 12.1 Å². The van der Waals surface area contributed by atoms with Crippen LogP contribution < -0.4 is 10.6 Å². The molecule has 0 aliphatic carbocycles. The molecule has 0 fully saturated rings. The quantitative estimate of drug-likeness (QED) is 0.564. The summed E-state index contributed by atoms with van der Waals surface area (Å²) in [6.07, 6.45) is -2.90. The van der Waals surface area contributed by atoms with Crippen LogP contribution in [0.25, 0.3) is 0 Å². The first-order valence-electron chi connectivity index (χ1n) is 8.48. The lowest BCUT2D eigenvalue weighted by molar-refractivity contribution is -0.137.